The highest BCUT2D eigenvalue weighted by Gasteiger charge is 2.20. The van der Waals surface area contributed by atoms with E-state index in [1.165, 1.54) is 12.1 Å². The molecule has 0 spiro atoms. The minimum atomic E-state index is -0.536. The van der Waals surface area contributed by atoms with Crippen molar-refractivity contribution in [2.24, 2.45) is 0 Å². The molecule has 1 N–H and O–H groups in total. The van der Waals surface area contributed by atoms with Crippen molar-refractivity contribution in [1.29, 1.82) is 0 Å². The summed E-state index contributed by atoms with van der Waals surface area (Å²) in [5.74, 6) is 0.329. The molecular formula is C11H12Cl2N2O3. The van der Waals surface area contributed by atoms with E-state index in [1.54, 1.807) is 0 Å². The van der Waals surface area contributed by atoms with Crippen LogP contribution in [-0.2, 0) is 0 Å². The van der Waals surface area contributed by atoms with Crippen LogP contribution in [0, 0.1) is 10.1 Å². The van der Waals surface area contributed by atoms with Crippen LogP contribution in [0.4, 0.5) is 5.69 Å². The maximum absolute atomic E-state index is 10.6. The molecule has 0 aliphatic carbocycles. The molecule has 0 atom stereocenters. The van der Waals surface area contributed by atoms with E-state index < -0.39 is 4.92 Å². The first kappa shape index (κ1) is 13.4. The number of halogens is 2. The molecule has 5 nitrogen and oxygen atoms in total. The number of nitrogens with zero attached hydrogens (tertiary/aromatic N) is 1. The monoisotopic (exact) mass is 290 g/mol. The Kier molecular flexibility index (Phi) is 4.27. The predicted molar refractivity (Wildman–Crippen MR) is 69.6 cm³/mol. The molecule has 0 unspecified atom stereocenters. The molecule has 1 aliphatic heterocycles. The fourth-order valence-electron chi connectivity index (χ4n) is 1.84. The summed E-state index contributed by atoms with van der Waals surface area (Å²) in [6.07, 6.45) is 1.77. The van der Waals surface area contributed by atoms with Crippen molar-refractivity contribution in [2.45, 2.75) is 18.9 Å². The van der Waals surface area contributed by atoms with Gasteiger partial charge in [-0.15, -0.1) is 0 Å². The number of nitro benzene ring substituents is 1. The summed E-state index contributed by atoms with van der Waals surface area (Å²) in [5.41, 5.74) is -0.136. The summed E-state index contributed by atoms with van der Waals surface area (Å²) in [6.45, 7) is 1.76. The molecular weight excluding hydrogens is 279 g/mol. The zero-order valence-electron chi connectivity index (χ0n) is 9.49. The number of nitrogens with one attached hydrogen (secondary N) is 1. The van der Waals surface area contributed by atoms with Gasteiger partial charge in [-0.2, -0.15) is 0 Å². The van der Waals surface area contributed by atoms with Crippen LogP contribution >= 0.6 is 23.2 Å². The molecule has 1 saturated heterocycles. The van der Waals surface area contributed by atoms with E-state index in [1.807, 2.05) is 0 Å². The number of non-ortho nitro benzene ring substituents is 1. The third-order valence-corrected chi connectivity index (χ3v) is 3.33. The van der Waals surface area contributed by atoms with Crippen molar-refractivity contribution >= 4 is 28.9 Å². The summed E-state index contributed by atoms with van der Waals surface area (Å²) in [6, 6.07) is 2.51. The first-order valence-corrected chi connectivity index (χ1v) is 6.34. The maximum Gasteiger partial charge on any atom is 0.272 e. The zero-order valence-corrected chi connectivity index (χ0v) is 11.0. The molecule has 0 bridgehead atoms. The Hall–Kier alpha value is -1.04. The predicted octanol–water partition coefficient (Wildman–Crippen LogP) is 3.03. The van der Waals surface area contributed by atoms with Gasteiger partial charge in [0.25, 0.3) is 5.69 Å². The van der Waals surface area contributed by atoms with Gasteiger partial charge in [-0.1, -0.05) is 23.2 Å². The van der Waals surface area contributed by atoms with Crippen molar-refractivity contribution in [2.75, 3.05) is 13.1 Å². The molecule has 1 aliphatic rings. The van der Waals surface area contributed by atoms with Gasteiger partial charge in [0.05, 0.1) is 15.0 Å². The lowest BCUT2D eigenvalue weighted by Gasteiger charge is -2.24. The van der Waals surface area contributed by atoms with Crippen molar-refractivity contribution in [3.05, 3.63) is 32.3 Å². The number of ether oxygens (including phenoxy) is 1. The zero-order chi connectivity index (χ0) is 13.1. The Morgan fingerprint density at radius 2 is 1.83 bits per heavy atom. The average molecular weight is 291 g/mol. The van der Waals surface area contributed by atoms with Crippen LogP contribution in [0.15, 0.2) is 12.1 Å². The normalized spacial score (nSPS) is 16.6. The van der Waals surface area contributed by atoms with Crippen molar-refractivity contribution in [3.8, 4) is 5.75 Å². The molecule has 0 aromatic heterocycles. The van der Waals surface area contributed by atoms with Crippen LogP contribution in [-0.4, -0.2) is 24.1 Å². The highest BCUT2D eigenvalue weighted by atomic mass is 35.5. The summed E-state index contributed by atoms with van der Waals surface area (Å²) in [5, 5.41) is 14.2. The van der Waals surface area contributed by atoms with Crippen LogP contribution in [0.5, 0.6) is 5.75 Å². The van der Waals surface area contributed by atoms with Gasteiger partial charge in [-0.05, 0) is 25.9 Å². The lowest BCUT2D eigenvalue weighted by molar-refractivity contribution is -0.384. The SMILES string of the molecule is O=[N+]([O-])c1cc(Cl)c(OC2CCNCC2)c(Cl)c1. The minimum Gasteiger partial charge on any atom is -0.487 e. The second kappa shape index (κ2) is 5.73. The van der Waals surface area contributed by atoms with E-state index in [0.717, 1.165) is 25.9 Å². The van der Waals surface area contributed by atoms with E-state index >= 15 is 0 Å². The third-order valence-electron chi connectivity index (χ3n) is 2.76. The van der Waals surface area contributed by atoms with Gasteiger partial charge >= 0.3 is 0 Å². The summed E-state index contributed by atoms with van der Waals surface area (Å²) < 4.78 is 5.73. The Labute approximate surface area is 114 Å². The molecule has 98 valence electrons. The summed E-state index contributed by atoms with van der Waals surface area (Å²) in [4.78, 5) is 10.1. The lowest BCUT2D eigenvalue weighted by Crippen LogP contribution is -2.34. The first-order valence-electron chi connectivity index (χ1n) is 5.58. The number of hydrogen-bond donors (Lipinski definition) is 1. The van der Waals surface area contributed by atoms with Crippen molar-refractivity contribution < 1.29 is 9.66 Å². The molecule has 0 saturated carbocycles. The van der Waals surface area contributed by atoms with Crippen molar-refractivity contribution in [1.82, 2.24) is 5.32 Å². The average Bonchev–Trinajstić information content (AvgIpc) is 2.34. The Morgan fingerprint density at radius 3 is 2.33 bits per heavy atom. The second-order valence-corrected chi connectivity index (χ2v) is 4.88. The lowest BCUT2D eigenvalue weighted by atomic mass is 10.1. The third kappa shape index (κ3) is 3.04. The van der Waals surface area contributed by atoms with Crippen LogP contribution in [0.2, 0.25) is 10.0 Å². The number of rotatable bonds is 3. The molecule has 1 fully saturated rings. The minimum absolute atomic E-state index is 0.0442. The first-order chi connectivity index (χ1) is 8.58. The Morgan fingerprint density at radius 1 is 1.28 bits per heavy atom. The second-order valence-electron chi connectivity index (χ2n) is 4.06. The topological polar surface area (TPSA) is 64.4 Å². The molecule has 0 amide bonds. The van der Waals surface area contributed by atoms with E-state index in [2.05, 4.69) is 5.32 Å². The number of hydrogen-bond acceptors (Lipinski definition) is 4. The fourth-order valence-corrected chi connectivity index (χ4v) is 2.41. The number of piperidine rings is 1. The van der Waals surface area contributed by atoms with E-state index in [4.69, 9.17) is 27.9 Å². The highest BCUT2D eigenvalue weighted by molar-refractivity contribution is 6.37. The molecule has 7 heteroatoms. The largest absolute Gasteiger partial charge is 0.487 e. The maximum atomic E-state index is 10.6. The van der Waals surface area contributed by atoms with Gasteiger partial charge in [0, 0.05) is 12.1 Å². The quantitative estimate of drug-likeness (QED) is 0.686. The number of nitro groups is 1. The molecule has 2 rings (SSSR count). The van der Waals surface area contributed by atoms with Gasteiger partial charge in [-0.25, -0.2) is 0 Å². The Balaban J connectivity index is 2.19. The van der Waals surface area contributed by atoms with E-state index in [-0.39, 0.29) is 21.8 Å². The summed E-state index contributed by atoms with van der Waals surface area (Å²) >= 11 is 11.9. The van der Waals surface area contributed by atoms with Crippen LogP contribution < -0.4 is 10.1 Å². The summed E-state index contributed by atoms with van der Waals surface area (Å²) in [7, 11) is 0. The van der Waals surface area contributed by atoms with E-state index in [9.17, 15) is 10.1 Å². The van der Waals surface area contributed by atoms with Gasteiger partial charge in [-0.3, -0.25) is 10.1 Å². The van der Waals surface area contributed by atoms with E-state index in [0.29, 0.717) is 5.75 Å². The smallest absolute Gasteiger partial charge is 0.272 e. The molecule has 1 heterocycles. The fraction of sp³-hybridized carbons (Fsp3) is 0.455. The molecule has 1 aromatic rings. The van der Waals surface area contributed by atoms with Crippen molar-refractivity contribution in [3.63, 3.8) is 0 Å². The molecule has 1 aromatic carbocycles. The van der Waals surface area contributed by atoms with Gasteiger partial charge in [0.2, 0.25) is 0 Å². The standard InChI is InChI=1S/C11H12Cl2N2O3/c12-9-5-7(15(16)17)6-10(13)11(9)18-8-1-3-14-4-2-8/h5-6,8,14H,1-4H2. The van der Waals surface area contributed by atoms with Crippen LogP contribution in [0.3, 0.4) is 0 Å². The Bertz CT molecular complexity index is 439. The van der Waals surface area contributed by atoms with Crippen LogP contribution in [0.25, 0.3) is 0 Å². The van der Waals surface area contributed by atoms with Crippen LogP contribution in [0.1, 0.15) is 12.8 Å². The van der Waals surface area contributed by atoms with Gasteiger partial charge in [0.1, 0.15) is 6.10 Å². The van der Waals surface area contributed by atoms with Gasteiger partial charge < -0.3 is 10.1 Å². The highest BCUT2D eigenvalue weighted by Crippen LogP contribution is 2.37. The molecule has 18 heavy (non-hydrogen) atoms. The molecule has 0 radical (unpaired) electrons. The number of benzene rings is 1. The van der Waals surface area contributed by atoms with Gasteiger partial charge in [0.15, 0.2) is 5.75 Å².